The lowest BCUT2D eigenvalue weighted by atomic mass is 10.3. The molecule has 2 aromatic rings. The molecular weight excluding hydrogens is 286 g/mol. The maximum absolute atomic E-state index is 11.2. The van der Waals surface area contributed by atoms with Gasteiger partial charge in [-0.2, -0.15) is 0 Å². The largest absolute Gasteiger partial charge is 0.464 e. The molecule has 0 fully saturated rings. The highest BCUT2D eigenvalue weighted by atomic mass is 35.5. The van der Waals surface area contributed by atoms with E-state index < -0.39 is 5.97 Å². The summed E-state index contributed by atoms with van der Waals surface area (Å²) in [5.74, 6) is 0.0850. The Morgan fingerprint density at radius 3 is 2.68 bits per heavy atom. The number of halogens is 1. The first kappa shape index (κ1) is 13.8. The molecule has 0 aromatic carbocycles. The minimum atomic E-state index is -0.503. The van der Waals surface area contributed by atoms with E-state index in [1.807, 2.05) is 19.1 Å². The highest BCUT2D eigenvalue weighted by molar-refractivity contribution is 7.16. The number of thiophene rings is 1. The summed E-state index contributed by atoms with van der Waals surface area (Å²) in [5, 5.41) is 10.9. The lowest BCUT2D eigenvalue weighted by molar-refractivity contribution is 0.0593. The van der Waals surface area contributed by atoms with E-state index in [0.29, 0.717) is 5.82 Å². The predicted molar refractivity (Wildman–Crippen MR) is 74.7 cm³/mol. The number of nitrogens with one attached hydrogen (secondary N) is 1. The molecule has 0 amide bonds. The SMILES string of the molecule is COC(=O)c1ccc(NC(C)c2ccc(Cl)s2)nn1. The number of carbonyl (C=O) groups is 1. The number of rotatable bonds is 4. The molecule has 19 heavy (non-hydrogen) atoms. The van der Waals surface area contributed by atoms with Crippen molar-refractivity contribution in [3.8, 4) is 0 Å². The number of anilines is 1. The van der Waals surface area contributed by atoms with Crippen molar-refractivity contribution in [1.29, 1.82) is 0 Å². The molecule has 7 heteroatoms. The van der Waals surface area contributed by atoms with Crippen molar-refractivity contribution in [3.05, 3.63) is 39.2 Å². The van der Waals surface area contributed by atoms with E-state index in [9.17, 15) is 4.79 Å². The fraction of sp³-hybridized carbons (Fsp3) is 0.250. The van der Waals surface area contributed by atoms with Gasteiger partial charge < -0.3 is 10.1 Å². The highest BCUT2D eigenvalue weighted by Crippen LogP contribution is 2.28. The number of esters is 1. The average Bonchev–Trinajstić information content (AvgIpc) is 2.85. The van der Waals surface area contributed by atoms with Crippen LogP contribution in [-0.4, -0.2) is 23.3 Å². The Balaban J connectivity index is 2.05. The van der Waals surface area contributed by atoms with Gasteiger partial charge >= 0.3 is 5.97 Å². The lowest BCUT2D eigenvalue weighted by Crippen LogP contribution is -2.10. The molecule has 0 aliphatic rings. The van der Waals surface area contributed by atoms with E-state index in [0.717, 1.165) is 9.21 Å². The van der Waals surface area contributed by atoms with Crippen LogP contribution in [0.3, 0.4) is 0 Å². The van der Waals surface area contributed by atoms with Crippen LogP contribution in [0.1, 0.15) is 28.3 Å². The number of carbonyl (C=O) groups excluding carboxylic acids is 1. The molecule has 0 aliphatic carbocycles. The van der Waals surface area contributed by atoms with Gasteiger partial charge in [0.05, 0.1) is 17.5 Å². The monoisotopic (exact) mass is 297 g/mol. The summed E-state index contributed by atoms with van der Waals surface area (Å²) in [6, 6.07) is 7.13. The molecule has 0 radical (unpaired) electrons. The zero-order valence-corrected chi connectivity index (χ0v) is 12.0. The van der Waals surface area contributed by atoms with Crippen LogP contribution in [-0.2, 0) is 4.74 Å². The van der Waals surface area contributed by atoms with Crippen molar-refractivity contribution < 1.29 is 9.53 Å². The van der Waals surface area contributed by atoms with Gasteiger partial charge in [-0.25, -0.2) is 4.79 Å². The van der Waals surface area contributed by atoms with Crippen LogP contribution < -0.4 is 5.32 Å². The predicted octanol–water partition coefficient (Wildman–Crippen LogP) is 3.15. The molecule has 2 rings (SSSR count). The summed E-state index contributed by atoms with van der Waals surface area (Å²) in [4.78, 5) is 12.3. The molecule has 1 N–H and O–H groups in total. The fourth-order valence-corrected chi connectivity index (χ4v) is 2.54. The standard InChI is InChI=1S/C12H12ClN3O2S/c1-7(9-4-5-10(13)19-9)14-11-6-3-8(15-16-11)12(17)18-2/h3-7H,1-2H3,(H,14,16). The third kappa shape index (κ3) is 3.42. The van der Waals surface area contributed by atoms with E-state index in [4.69, 9.17) is 11.6 Å². The topological polar surface area (TPSA) is 64.1 Å². The van der Waals surface area contributed by atoms with Crippen LogP contribution in [0.2, 0.25) is 4.34 Å². The van der Waals surface area contributed by atoms with Crippen LogP contribution in [0.25, 0.3) is 0 Å². The van der Waals surface area contributed by atoms with Crippen LogP contribution in [0.5, 0.6) is 0 Å². The Hall–Kier alpha value is -1.66. The van der Waals surface area contributed by atoms with Crippen molar-refractivity contribution in [3.63, 3.8) is 0 Å². The molecule has 0 bridgehead atoms. The van der Waals surface area contributed by atoms with Crippen LogP contribution >= 0.6 is 22.9 Å². The second-order valence-electron chi connectivity index (χ2n) is 3.80. The van der Waals surface area contributed by atoms with Gasteiger partial charge in [-0.05, 0) is 31.2 Å². The summed E-state index contributed by atoms with van der Waals surface area (Å²) in [6.07, 6.45) is 0. The third-order valence-corrected chi connectivity index (χ3v) is 3.86. The number of hydrogen-bond acceptors (Lipinski definition) is 6. The Morgan fingerprint density at radius 1 is 1.37 bits per heavy atom. The van der Waals surface area contributed by atoms with Crippen molar-refractivity contribution >= 4 is 34.7 Å². The van der Waals surface area contributed by atoms with Gasteiger partial charge in [-0.15, -0.1) is 21.5 Å². The van der Waals surface area contributed by atoms with Gasteiger partial charge in [-0.1, -0.05) is 11.6 Å². The van der Waals surface area contributed by atoms with Gasteiger partial charge in [0.25, 0.3) is 0 Å². The average molecular weight is 298 g/mol. The van der Waals surface area contributed by atoms with E-state index in [1.54, 1.807) is 12.1 Å². The van der Waals surface area contributed by atoms with Crippen molar-refractivity contribution in [1.82, 2.24) is 10.2 Å². The van der Waals surface area contributed by atoms with Crippen LogP contribution in [0.15, 0.2) is 24.3 Å². The normalized spacial score (nSPS) is 11.9. The summed E-state index contributed by atoms with van der Waals surface area (Å²) in [6.45, 7) is 2.00. The molecule has 100 valence electrons. The van der Waals surface area contributed by atoms with E-state index in [1.165, 1.54) is 18.4 Å². The van der Waals surface area contributed by atoms with Gasteiger partial charge in [-0.3, -0.25) is 0 Å². The van der Waals surface area contributed by atoms with Crippen molar-refractivity contribution in [2.75, 3.05) is 12.4 Å². The number of methoxy groups -OCH3 is 1. The van der Waals surface area contributed by atoms with E-state index in [-0.39, 0.29) is 11.7 Å². The number of ether oxygens (including phenoxy) is 1. The maximum Gasteiger partial charge on any atom is 0.358 e. The summed E-state index contributed by atoms with van der Waals surface area (Å²) in [7, 11) is 1.30. The van der Waals surface area contributed by atoms with Crippen molar-refractivity contribution in [2.24, 2.45) is 0 Å². The smallest absolute Gasteiger partial charge is 0.358 e. The molecule has 5 nitrogen and oxygen atoms in total. The molecule has 1 atom stereocenters. The molecule has 2 heterocycles. The first-order valence-electron chi connectivity index (χ1n) is 5.54. The first-order chi connectivity index (χ1) is 9.10. The number of hydrogen-bond donors (Lipinski definition) is 1. The zero-order chi connectivity index (χ0) is 13.8. The Kier molecular flexibility index (Phi) is 4.34. The lowest BCUT2D eigenvalue weighted by Gasteiger charge is -2.12. The molecule has 2 aromatic heterocycles. The maximum atomic E-state index is 11.2. The molecule has 0 saturated heterocycles. The minimum Gasteiger partial charge on any atom is -0.464 e. The van der Waals surface area contributed by atoms with E-state index >= 15 is 0 Å². The molecule has 1 unspecified atom stereocenters. The highest BCUT2D eigenvalue weighted by Gasteiger charge is 2.11. The van der Waals surface area contributed by atoms with Gasteiger partial charge in [0, 0.05) is 4.88 Å². The van der Waals surface area contributed by atoms with Gasteiger partial charge in [0.1, 0.15) is 5.82 Å². The Bertz CT molecular complexity index is 571. The minimum absolute atomic E-state index is 0.0655. The fourth-order valence-electron chi connectivity index (χ4n) is 1.48. The molecule has 0 spiro atoms. The Labute approximate surface area is 119 Å². The van der Waals surface area contributed by atoms with Crippen LogP contribution in [0, 0.1) is 0 Å². The summed E-state index contributed by atoms with van der Waals surface area (Å²) in [5.41, 5.74) is 0.180. The second kappa shape index (κ2) is 5.99. The molecule has 0 saturated carbocycles. The first-order valence-corrected chi connectivity index (χ1v) is 6.73. The quantitative estimate of drug-likeness (QED) is 0.878. The van der Waals surface area contributed by atoms with Gasteiger partial charge in [0.15, 0.2) is 5.69 Å². The van der Waals surface area contributed by atoms with Gasteiger partial charge in [0.2, 0.25) is 0 Å². The summed E-state index contributed by atoms with van der Waals surface area (Å²) < 4.78 is 5.30. The molecule has 0 aliphatic heterocycles. The Morgan fingerprint density at radius 2 is 2.16 bits per heavy atom. The van der Waals surface area contributed by atoms with Crippen molar-refractivity contribution in [2.45, 2.75) is 13.0 Å². The van der Waals surface area contributed by atoms with Crippen LogP contribution in [0.4, 0.5) is 5.82 Å². The number of nitrogens with zero attached hydrogens (tertiary/aromatic N) is 2. The molecular formula is C12H12ClN3O2S. The number of aromatic nitrogens is 2. The zero-order valence-electron chi connectivity index (χ0n) is 10.4. The second-order valence-corrected chi connectivity index (χ2v) is 5.55. The third-order valence-electron chi connectivity index (χ3n) is 2.44. The summed E-state index contributed by atoms with van der Waals surface area (Å²) >= 11 is 7.40. The van der Waals surface area contributed by atoms with E-state index in [2.05, 4.69) is 20.3 Å².